The summed E-state index contributed by atoms with van der Waals surface area (Å²) < 4.78 is 5.70. The van der Waals surface area contributed by atoms with Gasteiger partial charge >= 0.3 is 0 Å². The molecular weight excluding hydrogens is 234 g/mol. The molecule has 0 radical (unpaired) electrons. The third-order valence-electron chi connectivity index (χ3n) is 3.49. The van der Waals surface area contributed by atoms with Crippen LogP contribution in [0.5, 0.6) is 5.75 Å². The van der Waals surface area contributed by atoms with Gasteiger partial charge in [-0.25, -0.2) is 0 Å². The molecule has 0 saturated heterocycles. The molecule has 0 bridgehead atoms. The molecule has 1 aliphatic rings. The second-order valence-electron chi connectivity index (χ2n) is 4.82. The van der Waals surface area contributed by atoms with Crippen molar-refractivity contribution < 1.29 is 4.74 Å². The van der Waals surface area contributed by atoms with Gasteiger partial charge in [-0.05, 0) is 24.5 Å². The van der Waals surface area contributed by atoms with E-state index >= 15 is 0 Å². The second-order valence-corrected chi connectivity index (χ2v) is 5.23. The van der Waals surface area contributed by atoms with E-state index in [2.05, 4.69) is 0 Å². The standard InChI is InChI=1S/C14H20ClNO/c15-13-10-12(6-7-14(13)16)17-9-8-11-4-2-1-3-5-11/h6-7,10-11H,1-5,8-9,16H2. The number of nitrogens with two attached hydrogens (primary N) is 1. The number of benzene rings is 1. The van der Waals surface area contributed by atoms with Crippen LogP contribution in [-0.2, 0) is 0 Å². The Hall–Kier alpha value is -0.890. The van der Waals surface area contributed by atoms with Crippen LogP contribution in [-0.4, -0.2) is 6.61 Å². The van der Waals surface area contributed by atoms with Crippen LogP contribution in [0, 0.1) is 5.92 Å². The Morgan fingerprint density at radius 1 is 1.24 bits per heavy atom. The maximum absolute atomic E-state index is 5.94. The van der Waals surface area contributed by atoms with Crippen LogP contribution < -0.4 is 10.5 Å². The molecule has 0 heterocycles. The van der Waals surface area contributed by atoms with Crippen molar-refractivity contribution in [1.29, 1.82) is 0 Å². The number of halogens is 1. The number of hydrogen-bond acceptors (Lipinski definition) is 2. The van der Waals surface area contributed by atoms with Gasteiger partial charge in [0.05, 0.1) is 17.3 Å². The molecular formula is C14H20ClNO. The minimum absolute atomic E-state index is 0.570. The molecule has 2 nitrogen and oxygen atoms in total. The molecule has 0 aliphatic heterocycles. The molecule has 1 aromatic rings. The van der Waals surface area contributed by atoms with Crippen molar-refractivity contribution in [2.75, 3.05) is 12.3 Å². The van der Waals surface area contributed by atoms with Gasteiger partial charge in [-0.1, -0.05) is 43.7 Å². The van der Waals surface area contributed by atoms with E-state index in [-0.39, 0.29) is 0 Å². The fraction of sp³-hybridized carbons (Fsp3) is 0.571. The van der Waals surface area contributed by atoms with Crippen molar-refractivity contribution in [2.45, 2.75) is 38.5 Å². The normalized spacial score (nSPS) is 17.0. The fourth-order valence-electron chi connectivity index (χ4n) is 2.42. The average molecular weight is 254 g/mol. The lowest BCUT2D eigenvalue weighted by molar-refractivity contribution is 0.246. The van der Waals surface area contributed by atoms with Gasteiger partial charge in [-0.2, -0.15) is 0 Å². The Balaban J connectivity index is 1.75. The average Bonchev–Trinajstić information content (AvgIpc) is 2.35. The Morgan fingerprint density at radius 2 is 2.00 bits per heavy atom. The first-order valence-corrected chi connectivity index (χ1v) is 6.81. The zero-order valence-electron chi connectivity index (χ0n) is 10.1. The number of ether oxygens (including phenoxy) is 1. The second kappa shape index (κ2) is 6.15. The van der Waals surface area contributed by atoms with E-state index in [1.54, 1.807) is 12.1 Å². The Bertz CT molecular complexity index is 361. The van der Waals surface area contributed by atoms with Crippen LogP contribution in [0.1, 0.15) is 38.5 Å². The molecule has 2 rings (SSSR count). The molecule has 0 amide bonds. The summed E-state index contributed by atoms with van der Waals surface area (Å²) >= 11 is 5.94. The maximum atomic E-state index is 5.94. The van der Waals surface area contributed by atoms with Gasteiger partial charge in [-0.3, -0.25) is 0 Å². The quantitative estimate of drug-likeness (QED) is 0.814. The molecule has 94 valence electrons. The number of anilines is 1. The van der Waals surface area contributed by atoms with Crippen molar-refractivity contribution in [3.63, 3.8) is 0 Å². The minimum Gasteiger partial charge on any atom is -0.494 e. The fourth-order valence-corrected chi connectivity index (χ4v) is 2.59. The predicted molar refractivity (Wildman–Crippen MR) is 72.6 cm³/mol. The van der Waals surface area contributed by atoms with E-state index < -0.39 is 0 Å². The molecule has 1 saturated carbocycles. The lowest BCUT2D eigenvalue weighted by atomic mass is 9.87. The maximum Gasteiger partial charge on any atom is 0.120 e. The van der Waals surface area contributed by atoms with E-state index in [4.69, 9.17) is 22.1 Å². The molecule has 0 aromatic heterocycles. The first kappa shape index (κ1) is 12.6. The Kier molecular flexibility index (Phi) is 4.55. The molecule has 1 fully saturated rings. The van der Waals surface area contributed by atoms with Gasteiger partial charge in [0.2, 0.25) is 0 Å². The first-order chi connectivity index (χ1) is 8.25. The van der Waals surface area contributed by atoms with Crippen LogP contribution in [0.2, 0.25) is 5.02 Å². The van der Waals surface area contributed by atoms with Crippen molar-refractivity contribution in [3.05, 3.63) is 23.2 Å². The zero-order valence-corrected chi connectivity index (χ0v) is 10.9. The van der Waals surface area contributed by atoms with Crippen LogP contribution >= 0.6 is 11.6 Å². The van der Waals surface area contributed by atoms with Gasteiger partial charge in [0.15, 0.2) is 0 Å². The van der Waals surface area contributed by atoms with Crippen LogP contribution in [0.15, 0.2) is 18.2 Å². The first-order valence-electron chi connectivity index (χ1n) is 6.43. The van der Waals surface area contributed by atoms with Crippen molar-refractivity contribution in [3.8, 4) is 5.75 Å². The van der Waals surface area contributed by atoms with Crippen LogP contribution in [0.3, 0.4) is 0 Å². The molecule has 0 spiro atoms. The van der Waals surface area contributed by atoms with Crippen LogP contribution in [0.4, 0.5) is 5.69 Å². The van der Waals surface area contributed by atoms with Crippen molar-refractivity contribution in [2.24, 2.45) is 5.92 Å². The van der Waals surface area contributed by atoms with Gasteiger partial charge < -0.3 is 10.5 Å². The van der Waals surface area contributed by atoms with E-state index in [9.17, 15) is 0 Å². The van der Waals surface area contributed by atoms with Crippen molar-refractivity contribution >= 4 is 17.3 Å². The van der Waals surface area contributed by atoms with Crippen molar-refractivity contribution in [1.82, 2.24) is 0 Å². The summed E-state index contributed by atoms with van der Waals surface area (Å²) in [6.07, 6.45) is 8.07. The third-order valence-corrected chi connectivity index (χ3v) is 3.82. The highest BCUT2D eigenvalue weighted by Crippen LogP contribution is 2.27. The molecule has 0 unspecified atom stereocenters. The third kappa shape index (κ3) is 3.81. The number of nitrogen functional groups attached to an aromatic ring is 1. The molecule has 3 heteroatoms. The van der Waals surface area contributed by atoms with Gasteiger partial charge in [-0.15, -0.1) is 0 Å². The number of rotatable bonds is 4. The molecule has 1 aliphatic carbocycles. The molecule has 0 atom stereocenters. The molecule has 17 heavy (non-hydrogen) atoms. The van der Waals surface area contributed by atoms with Gasteiger partial charge in [0.1, 0.15) is 5.75 Å². The highest BCUT2D eigenvalue weighted by molar-refractivity contribution is 6.33. The predicted octanol–water partition coefficient (Wildman–Crippen LogP) is 4.27. The topological polar surface area (TPSA) is 35.2 Å². The van der Waals surface area contributed by atoms with E-state index in [0.717, 1.165) is 24.7 Å². The Labute approximate surface area is 108 Å². The zero-order chi connectivity index (χ0) is 12.1. The lowest BCUT2D eigenvalue weighted by Crippen LogP contribution is -2.10. The van der Waals surface area contributed by atoms with E-state index in [0.29, 0.717) is 10.7 Å². The minimum atomic E-state index is 0.570. The Morgan fingerprint density at radius 3 is 2.71 bits per heavy atom. The molecule has 1 aromatic carbocycles. The lowest BCUT2D eigenvalue weighted by Gasteiger charge is -2.21. The summed E-state index contributed by atoms with van der Waals surface area (Å²) in [6, 6.07) is 5.46. The summed E-state index contributed by atoms with van der Waals surface area (Å²) in [5.41, 5.74) is 6.25. The molecule has 2 N–H and O–H groups in total. The summed E-state index contributed by atoms with van der Waals surface area (Å²) in [6.45, 7) is 0.783. The summed E-state index contributed by atoms with van der Waals surface area (Å²) in [7, 11) is 0. The largest absolute Gasteiger partial charge is 0.494 e. The van der Waals surface area contributed by atoms with E-state index in [1.807, 2.05) is 6.07 Å². The van der Waals surface area contributed by atoms with Gasteiger partial charge in [0, 0.05) is 6.07 Å². The summed E-state index contributed by atoms with van der Waals surface area (Å²) in [5, 5.41) is 0.570. The van der Waals surface area contributed by atoms with E-state index in [1.165, 1.54) is 32.1 Å². The summed E-state index contributed by atoms with van der Waals surface area (Å²) in [4.78, 5) is 0. The number of hydrogen-bond donors (Lipinski definition) is 1. The highest BCUT2D eigenvalue weighted by Gasteiger charge is 2.13. The smallest absolute Gasteiger partial charge is 0.120 e. The SMILES string of the molecule is Nc1ccc(OCCC2CCCCC2)cc1Cl. The highest BCUT2D eigenvalue weighted by atomic mass is 35.5. The van der Waals surface area contributed by atoms with Crippen LogP contribution in [0.25, 0.3) is 0 Å². The summed E-state index contributed by atoms with van der Waals surface area (Å²) in [5.74, 6) is 1.67. The van der Waals surface area contributed by atoms with Gasteiger partial charge in [0.25, 0.3) is 0 Å². The monoisotopic (exact) mass is 253 g/mol.